The largest absolute Gasteiger partial charge is 0.493 e. The van der Waals surface area contributed by atoms with Gasteiger partial charge in [-0.15, -0.1) is 0 Å². The quantitative estimate of drug-likeness (QED) is 0.774. The Morgan fingerprint density at radius 2 is 1.50 bits per heavy atom. The van der Waals surface area contributed by atoms with Gasteiger partial charge in [0.05, 0.1) is 32.0 Å². The van der Waals surface area contributed by atoms with E-state index in [0.29, 0.717) is 29.6 Å². The summed E-state index contributed by atoms with van der Waals surface area (Å²) in [6.07, 6.45) is 0.610. The van der Waals surface area contributed by atoms with Crippen LogP contribution < -0.4 is 14.2 Å². The molecule has 0 unspecified atom stereocenters. The molecule has 0 amide bonds. The van der Waals surface area contributed by atoms with E-state index >= 15 is 0 Å². The van der Waals surface area contributed by atoms with Crippen LogP contribution in [-0.2, 0) is 9.84 Å². The Hall–Kier alpha value is -1.43. The summed E-state index contributed by atoms with van der Waals surface area (Å²) in [5.41, 5.74) is 0. The van der Waals surface area contributed by atoms with Gasteiger partial charge in [-0.1, -0.05) is 13.8 Å². The summed E-state index contributed by atoms with van der Waals surface area (Å²) in [6, 6.07) is 2.94. The van der Waals surface area contributed by atoms with Crippen LogP contribution in [0.2, 0.25) is 0 Å². The Morgan fingerprint density at radius 1 is 1.00 bits per heavy atom. The first-order valence-electron chi connectivity index (χ1n) is 6.38. The van der Waals surface area contributed by atoms with E-state index < -0.39 is 9.84 Å². The first kappa shape index (κ1) is 16.6. The molecule has 0 spiro atoms. The van der Waals surface area contributed by atoms with Crippen LogP contribution in [0, 0.1) is 5.92 Å². The Labute approximate surface area is 120 Å². The third kappa shape index (κ3) is 3.79. The second-order valence-electron chi connectivity index (χ2n) is 4.86. The van der Waals surface area contributed by atoms with Crippen molar-refractivity contribution in [3.8, 4) is 17.2 Å². The molecule has 0 aliphatic carbocycles. The molecule has 0 N–H and O–H groups in total. The summed E-state index contributed by atoms with van der Waals surface area (Å²) >= 11 is 0. The molecule has 0 aromatic heterocycles. The molecule has 0 radical (unpaired) electrons. The van der Waals surface area contributed by atoms with E-state index in [1.54, 1.807) is 0 Å². The average molecular weight is 302 g/mol. The van der Waals surface area contributed by atoms with E-state index in [2.05, 4.69) is 0 Å². The number of rotatable bonds is 7. The first-order chi connectivity index (χ1) is 9.35. The van der Waals surface area contributed by atoms with Crippen LogP contribution in [0.15, 0.2) is 17.0 Å². The van der Waals surface area contributed by atoms with Crippen LogP contribution in [-0.4, -0.2) is 35.5 Å². The van der Waals surface area contributed by atoms with E-state index in [1.165, 1.54) is 33.5 Å². The molecule has 0 atom stereocenters. The van der Waals surface area contributed by atoms with E-state index in [0.717, 1.165) is 0 Å². The summed E-state index contributed by atoms with van der Waals surface area (Å²) in [5, 5.41) is 0. The zero-order valence-electron chi connectivity index (χ0n) is 12.6. The maximum absolute atomic E-state index is 12.3. The van der Waals surface area contributed by atoms with Crippen molar-refractivity contribution < 1.29 is 22.6 Å². The van der Waals surface area contributed by atoms with Crippen LogP contribution >= 0.6 is 0 Å². The Bertz CT molecular complexity index is 524. The number of methoxy groups -OCH3 is 3. The second kappa shape index (κ2) is 6.83. The highest BCUT2D eigenvalue weighted by Gasteiger charge is 2.21. The van der Waals surface area contributed by atoms with Gasteiger partial charge in [0, 0.05) is 12.1 Å². The molecule has 0 aliphatic heterocycles. The van der Waals surface area contributed by atoms with Crippen molar-refractivity contribution in [3.05, 3.63) is 12.1 Å². The fourth-order valence-electron chi connectivity index (χ4n) is 1.75. The SMILES string of the molecule is COc1cc(S(=O)(=O)CCC(C)C)cc(OC)c1OC. The summed E-state index contributed by atoms with van der Waals surface area (Å²) in [5.74, 6) is 1.50. The second-order valence-corrected chi connectivity index (χ2v) is 6.97. The standard InChI is InChI=1S/C14H22O5S/c1-10(2)6-7-20(15,16)11-8-12(17-3)14(19-5)13(9-11)18-4/h8-10H,6-7H2,1-5H3. The first-order valence-corrected chi connectivity index (χ1v) is 8.03. The zero-order chi connectivity index (χ0) is 15.3. The lowest BCUT2D eigenvalue weighted by Crippen LogP contribution is -2.10. The van der Waals surface area contributed by atoms with Crippen molar-refractivity contribution in [2.24, 2.45) is 5.92 Å². The smallest absolute Gasteiger partial charge is 0.203 e. The van der Waals surface area contributed by atoms with Gasteiger partial charge in [-0.3, -0.25) is 0 Å². The van der Waals surface area contributed by atoms with Gasteiger partial charge in [-0.25, -0.2) is 8.42 Å². The van der Waals surface area contributed by atoms with Crippen LogP contribution in [0.3, 0.4) is 0 Å². The highest BCUT2D eigenvalue weighted by molar-refractivity contribution is 7.91. The highest BCUT2D eigenvalue weighted by Crippen LogP contribution is 2.39. The van der Waals surface area contributed by atoms with Crippen molar-refractivity contribution >= 4 is 9.84 Å². The number of hydrogen-bond donors (Lipinski definition) is 0. The third-order valence-electron chi connectivity index (χ3n) is 2.96. The average Bonchev–Trinajstić information content (AvgIpc) is 2.43. The van der Waals surface area contributed by atoms with E-state index in [4.69, 9.17) is 14.2 Å². The van der Waals surface area contributed by atoms with Gasteiger partial charge in [-0.05, 0) is 12.3 Å². The lowest BCUT2D eigenvalue weighted by Gasteiger charge is -2.14. The normalized spacial score (nSPS) is 11.5. The molecular formula is C14H22O5S. The topological polar surface area (TPSA) is 61.8 Å². The van der Waals surface area contributed by atoms with Gasteiger partial charge < -0.3 is 14.2 Å². The Balaban J connectivity index is 3.25. The van der Waals surface area contributed by atoms with Crippen molar-refractivity contribution in [2.45, 2.75) is 25.2 Å². The molecule has 6 heteroatoms. The van der Waals surface area contributed by atoms with Crippen LogP contribution in [0.4, 0.5) is 0 Å². The minimum atomic E-state index is -3.36. The molecule has 0 bridgehead atoms. The minimum absolute atomic E-state index is 0.101. The monoisotopic (exact) mass is 302 g/mol. The van der Waals surface area contributed by atoms with Gasteiger partial charge in [0.25, 0.3) is 0 Å². The van der Waals surface area contributed by atoms with Gasteiger partial charge in [-0.2, -0.15) is 0 Å². The van der Waals surface area contributed by atoms with Gasteiger partial charge in [0.1, 0.15) is 0 Å². The lowest BCUT2D eigenvalue weighted by atomic mass is 10.2. The van der Waals surface area contributed by atoms with Crippen LogP contribution in [0.5, 0.6) is 17.2 Å². The van der Waals surface area contributed by atoms with Crippen molar-refractivity contribution in [2.75, 3.05) is 27.1 Å². The molecule has 20 heavy (non-hydrogen) atoms. The van der Waals surface area contributed by atoms with Crippen molar-refractivity contribution in [1.29, 1.82) is 0 Å². The van der Waals surface area contributed by atoms with E-state index in [1.807, 2.05) is 13.8 Å². The lowest BCUT2D eigenvalue weighted by molar-refractivity contribution is 0.323. The third-order valence-corrected chi connectivity index (χ3v) is 4.69. The zero-order valence-corrected chi connectivity index (χ0v) is 13.4. The summed E-state index contributed by atoms with van der Waals surface area (Å²) in [7, 11) is 1.04. The maximum Gasteiger partial charge on any atom is 0.203 e. The fourth-order valence-corrected chi connectivity index (χ4v) is 3.34. The molecule has 0 saturated carbocycles. The molecule has 1 aromatic rings. The highest BCUT2D eigenvalue weighted by atomic mass is 32.2. The number of benzene rings is 1. The molecule has 1 aromatic carbocycles. The number of ether oxygens (including phenoxy) is 3. The van der Waals surface area contributed by atoms with E-state index in [-0.39, 0.29) is 10.6 Å². The van der Waals surface area contributed by atoms with Crippen molar-refractivity contribution in [1.82, 2.24) is 0 Å². The molecule has 5 nitrogen and oxygen atoms in total. The minimum Gasteiger partial charge on any atom is -0.493 e. The Kier molecular flexibility index (Phi) is 5.68. The van der Waals surface area contributed by atoms with Gasteiger partial charge in [0.2, 0.25) is 5.75 Å². The molecule has 0 aliphatic rings. The van der Waals surface area contributed by atoms with Crippen molar-refractivity contribution in [3.63, 3.8) is 0 Å². The molecule has 0 fully saturated rings. The molecule has 0 saturated heterocycles. The van der Waals surface area contributed by atoms with Gasteiger partial charge >= 0.3 is 0 Å². The van der Waals surface area contributed by atoms with Crippen LogP contribution in [0.1, 0.15) is 20.3 Å². The maximum atomic E-state index is 12.3. The molecule has 114 valence electrons. The Morgan fingerprint density at radius 3 is 1.85 bits per heavy atom. The van der Waals surface area contributed by atoms with Crippen LogP contribution in [0.25, 0.3) is 0 Å². The fraction of sp³-hybridized carbons (Fsp3) is 0.571. The summed E-state index contributed by atoms with van der Waals surface area (Å²) in [6.45, 7) is 3.98. The predicted molar refractivity (Wildman–Crippen MR) is 77.6 cm³/mol. The molecule has 1 rings (SSSR count). The molecule has 0 heterocycles. The number of sulfone groups is 1. The number of hydrogen-bond acceptors (Lipinski definition) is 5. The summed E-state index contributed by atoms with van der Waals surface area (Å²) in [4.78, 5) is 0.188. The van der Waals surface area contributed by atoms with E-state index in [9.17, 15) is 8.42 Å². The predicted octanol–water partition coefficient (Wildman–Crippen LogP) is 2.53. The summed E-state index contributed by atoms with van der Waals surface area (Å²) < 4.78 is 40.2. The van der Waals surface area contributed by atoms with Gasteiger partial charge in [0.15, 0.2) is 21.3 Å². The molecular weight excluding hydrogens is 280 g/mol.